The molecule has 0 aliphatic heterocycles. The quantitative estimate of drug-likeness (QED) is 0.854. The molecule has 1 aliphatic rings. The van der Waals surface area contributed by atoms with Crippen LogP contribution in [-0.2, 0) is 6.54 Å². The Kier molecular flexibility index (Phi) is 3.52. The Labute approximate surface area is 99.6 Å². The second-order valence-corrected chi connectivity index (χ2v) is 5.34. The number of nitrogens with one attached hydrogen (secondary N) is 1. The van der Waals surface area contributed by atoms with E-state index in [1.165, 1.54) is 25.7 Å². The van der Waals surface area contributed by atoms with Gasteiger partial charge in [-0.05, 0) is 52.7 Å². The molecular formula is C12H18BrNO. The third kappa shape index (κ3) is 3.08. The summed E-state index contributed by atoms with van der Waals surface area (Å²) in [6, 6.07) is 3.95. The summed E-state index contributed by atoms with van der Waals surface area (Å²) in [7, 11) is 0. The van der Waals surface area contributed by atoms with E-state index >= 15 is 0 Å². The first kappa shape index (κ1) is 11.2. The summed E-state index contributed by atoms with van der Waals surface area (Å²) in [5.41, 5.74) is 0.624. The highest BCUT2D eigenvalue weighted by molar-refractivity contribution is 9.10. The van der Waals surface area contributed by atoms with Crippen LogP contribution in [0.5, 0.6) is 0 Å². The second-order valence-electron chi connectivity index (χ2n) is 4.56. The zero-order valence-corrected chi connectivity index (χ0v) is 10.8. The molecule has 1 aromatic rings. The molecule has 1 aromatic heterocycles. The molecule has 15 heavy (non-hydrogen) atoms. The fraction of sp³-hybridized carbons (Fsp3) is 0.667. The highest BCUT2D eigenvalue weighted by Crippen LogP contribution is 2.48. The SMILES string of the molecule is CCCC1(CNCc2ccc(Br)o2)CC1. The first-order valence-corrected chi connectivity index (χ1v) is 6.48. The predicted molar refractivity (Wildman–Crippen MR) is 64.7 cm³/mol. The fourth-order valence-corrected chi connectivity index (χ4v) is 2.46. The number of halogens is 1. The van der Waals surface area contributed by atoms with Gasteiger partial charge in [0.2, 0.25) is 0 Å². The van der Waals surface area contributed by atoms with Gasteiger partial charge < -0.3 is 9.73 Å². The second kappa shape index (κ2) is 4.71. The van der Waals surface area contributed by atoms with E-state index in [4.69, 9.17) is 4.42 Å². The van der Waals surface area contributed by atoms with Crippen molar-refractivity contribution in [2.45, 2.75) is 39.2 Å². The zero-order valence-electron chi connectivity index (χ0n) is 9.18. The first-order chi connectivity index (χ1) is 7.24. The van der Waals surface area contributed by atoms with Gasteiger partial charge in [0.25, 0.3) is 0 Å². The molecule has 0 radical (unpaired) electrons. The highest BCUT2D eigenvalue weighted by atomic mass is 79.9. The van der Waals surface area contributed by atoms with Crippen molar-refractivity contribution in [3.05, 3.63) is 22.6 Å². The van der Waals surface area contributed by atoms with Gasteiger partial charge in [-0.15, -0.1) is 0 Å². The molecule has 0 amide bonds. The van der Waals surface area contributed by atoms with Crippen LogP contribution >= 0.6 is 15.9 Å². The number of hydrogen-bond acceptors (Lipinski definition) is 2. The Morgan fingerprint density at radius 3 is 2.80 bits per heavy atom. The van der Waals surface area contributed by atoms with Crippen molar-refractivity contribution in [3.8, 4) is 0 Å². The number of furan rings is 1. The summed E-state index contributed by atoms with van der Waals surface area (Å²) in [4.78, 5) is 0. The van der Waals surface area contributed by atoms with E-state index in [2.05, 4.69) is 28.2 Å². The van der Waals surface area contributed by atoms with Crippen molar-refractivity contribution in [2.75, 3.05) is 6.54 Å². The van der Waals surface area contributed by atoms with Gasteiger partial charge in [0.05, 0.1) is 6.54 Å². The Morgan fingerprint density at radius 1 is 1.47 bits per heavy atom. The molecule has 1 N–H and O–H groups in total. The summed E-state index contributed by atoms with van der Waals surface area (Å²) >= 11 is 3.31. The average molecular weight is 272 g/mol. The molecule has 3 heteroatoms. The monoisotopic (exact) mass is 271 g/mol. The summed E-state index contributed by atoms with van der Waals surface area (Å²) < 4.78 is 6.25. The minimum absolute atomic E-state index is 0.624. The number of hydrogen-bond donors (Lipinski definition) is 1. The predicted octanol–water partition coefficient (Wildman–Crippen LogP) is 3.71. The molecule has 2 nitrogen and oxygen atoms in total. The Hall–Kier alpha value is -0.280. The molecule has 1 fully saturated rings. The van der Waals surface area contributed by atoms with Crippen molar-refractivity contribution >= 4 is 15.9 Å². The van der Waals surface area contributed by atoms with Crippen LogP contribution < -0.4 is 5.32 Å². The zero-order chi connectivity index (χ0) is 10.7. The molecule has 2 rings (SSSR count). The van der Waals surface area contributed by atoms with Gasteiger partial charge in [0.1, 0.15) is 5.76 Å². The van der Waals surface area contributed by atoms with E-state index in [1.807, 2.05) is 12.1 Å². The Bertz CT molecular complexity index is 317. The lowest BCUT2D eigenvalue weighted by atomic mass is 10.0. The Balaban J connectivity index is 1.71. The maximum Gasteiger partial charge on any atom is 0.169 e. The van der Waals surface area contributed by atoms with Gasteiger partial charge in [-0.25, -0.2) is 0 Å². The lowest BCUT2D eigenvalue weighted by Gasteiger charge is -2.13. The molecule has 0 spiro atoms. The Morgan fingerprint density at radius 2 is 2.27 bits per heavy atom. The van der Waals surface area contributed by atoms with E-state index in [-0.39, 0.29) is 0 Å². The molecule has 0 aromatic carbocycles. The van der Waals surface area contributed by atoms with Crippen molar-refractivity contribution in [3.63, 3.8) is 0 Å². The lowest BCUT2D eigenvalue weighted by Crippen LogP contribution is -2.23. The smallest absolute Gasteiger partial charge is 0.169 e. The molecule has 0 saturated heterocycles. The van der Waals surface area contributed by atoms with E-state index in [0.717, 1.165) is 23.5 Å². The molecule has 1 aliphatic carbocycles. The maximum atomic E-state index is 5.43. The van der Waals surface area contributed by atoms with Gasteiger partial charge in [-0.2, -0.15) is 0 Å². The minimum Gasteiger partial charge on any atom is -0.453 e. The lowest BCUT2D eigenvalue weighted by molar-refractivity contribution is 0.398. The van der Waals surface area contributed by atoms with E-state index in [9.17, 15) is 0 Å². The molecular weight excluding hydrogens is 254 g/mol. The molecule has 0 bridgehead atoms. The fourth-order valence-electron chi connectivity index (χ4n) is 2.12. The molecule has 1 heterocycles. The standard InChI is InChI=1S/C12H18BrNO/c1-2-5-12(6-7-12)9-14-8-10-3-4-11(13)15-10/h3-4,14H,2,5-9H2,1H3. The normalized spacial score (nSPS) is 18.0. The van der Waals surface area contributed by atoms with Crippen LogP contribution in [0.3, 0.4) is 0 Å². The van der Waals surface area contributed by atoms with Gasteiger partial charge in [-0.3, -0.25) is 0 Å². The van der Waals surface area contributed by atoms with E-state index in [0.29, 0.717) is 5.41 Å². The van der Waals surface area contributed by atoms with Crippen molar-refractivity contribution in [2.24, 2.45) is 5.41 Å². The van der Waals surface area contributed by atoms with E-state index < -0.39 is 0 Å². The minimum atomic E-state index is 0.624. The summed E-state index contributed by atoms with van der Waals surface area (Å²) in [6.45, 7) is 4.25. The van der Waals surface area contributed by atoms with Crippen molar-refractivity contribution in [1.29, 1.82) is 0 Å². The molecule has 0 atom stereocenters. The van der Waals surface area contributed by atoms with Crippen LogP contribution in [0.2, 0.25) is 0 Å². The molecule has 0 unspecified atom stereocenters. The maximum absolute atomic E-state index is 5.43. The first-order valence-electron chi connectivity index (χ1n) is 5.69. The number of rotatable bonds is 6. The van der Waals surface area contributed by atoms with Crippen LogP contribution in [0.15, 0.2) is 21.2 Å². The van der Waals surface area contributed by atoms with Gasteiger partial charge in [-0.1, -0.05) is 13.3 Å². The summed E-state index contributed by atoms with van der Waals surface area (Å²) in [5, 5.41) is 3.49. The molecule has 84 valence electrons. The van der Waals surface area contributed by atoms with Crippen LogP contribution in [0, 0.1) is 5.41 Å². The van der Waals surface area contributed by atoms with Crippen LogP contribution in [0.1, 0.15) is 38.4 Å². The highest BCUT2D eigenvalue weighted by Gasteiger charge is 2.40. The van der Waals surface area contributed by atoms with Gasteiger partial charge in [0.15, 0.2) is 4.67 Å². The summed E-state index contributed by atoms with van der Waals surface area (Å²) in [5.74, 6) is 1.01. The average Bonchev–Trinajstić information content (AvgIpc) is 2.83. The van der Waals surface area contributed by atoms with Crippen LogP contribution in [0.25, 0.3) is 0 Å². The largest absolute Gasteiger partial charge is 0.453 e. The van der Waals surface area contributed by atoms with Gasteiger partial charge >= 0.3 is 0 Å². The van der Waals surface area contributed by atoms with Gasteiger partial charge in [0, 0.05) is 6.54 Å². The molecule has 1 saturated carbocycles. The topological polar surface area (TPSA) is 25.2 Å². The van der Waals surface area contributed by atoms with Crippen molar-refractivity contribution < 1.29 is 4.42 Å². The third-order valence-electron chi connectivity index (χ3n) is 3.17. The van der Waals surface area contributed by atoms with E-state index in [1.54, 1.807) is 0 Å². The summed E-state index contributed by atoms with van der Waals surface area (Å²) in [6.07, 6.45) is 5.46. The van der Waals surface area contributed by atoms with Crippen LogP contribution in [-0.4, -0.2) is 6.54 Å². The van der Waals surface area contributed by atoms with Crippen LogP contribution in [0.4, 0.5) is 0 Å². The third-order valence-corrected chi connectivity index (χ3v) is 3.59. The van der Waals surface area contributed by atoms with Crippen molar-refractivity contribution in [1.82, 2.24) is 5.32 Å².